The topological polar surface area (TPSA) is 78.4 Å². The molecule has 1 aliphatic rings. The van der Waals surface area contributed by atoms with Crippen molar-refractivity contribution < 1.29 is 14.7 Å². The maximum Gasteiger partial charge on any atom is 0.306 e. The van der Waals surface area contributed by atoms with Crippen LogP contribution in [0.5, 0.6) is 0 Å². The van der Waals surface area contributed by atoms with E-state index in [1.54, 1.807) is 0 Å². The zero-order chi connectivity index (χ0) is 15.8. The molecule has 0 heterocycles. The second-order valence-electron chi connectivity index (χ2n) is 6.72. The van der Waals surface area contributed by atoms with Crippen LogP contribution in [0.2, 0.25) is 0 Å². The number of rotatable bonds is 8. The first-order chi connectivity index (χ1) is 9.88. The maximum absolute atomic E-state index is 11.9. The van der Waals surface area contributed by atoms with Crippen LogP contribution in [0.3, 0.4) is 0 Å². The summed E-state index contributed by atoms with van der Waals surface area (Å²) < 4.78 is 0. The normalized spacial score (nSPS) is 23.8. The predicted octanol–water partition coefficient (Wildman–Crippen LogP) is 2.16. The molecule has 1 aliphatic carbocycles. The van der Waals surface area contributed by atoms with Crippen LogP contribution in [0.15, 0.2) is 0 Å². The second kappa shape index (κ2) is 9.03. The smallest absolute Gasteiger partial charge is 0.306 e. The van der Waals surface area contributed by atoms with Gasteiger partial charge in [0, 0.05) is 12.1 Å². The number of carboxylic acid groups (broad SMARTS) is 1. The number of carbonyl (C=O) groups is 2. The van der Waals surface area contributed by atoms with Crippen LogP contribution in [0.1, 0.15) is 59.3 Å². The fraction of sp³-hybridized carbons (Fsp3) is 0.875. The Hall–Kier alpha value is -1.10. The van der Waals surface area contributed by atoms with E-state index < -0.39 is 5.97 Å². The number of carbonyl (C=O) groups excluding carboxylic acids is 1. The summed E-state index contributed by atoms with van der Waals surface area (Å²) in [6.45, 7) is 6.67. The summed E-state index contributed by atoms with van der Waals surface area (Å²) in [6, 6.07) is 0.344. The molecule has 1 fully saturated rings. The van der Waals surface area contributed by atoms with E-state index in [0.29, 0.717) is 12.3 Å². The summed E-state index contributed by atoms with van der Waals surface area (Å²) >= 11 is 0. The van der Waals surface area contributed by atoms with E-state index in [-0.39, 0.29) is 30.5 Å². The average molecular weight is 298 g/mol. The molecule has 1 amide bonds. The number of carboxylic acids is 1. The van der Waals surface area contributed by atoms with Crippen LogP contribution in [-0.2, 0) is 9.59 Å². The quantitative estimate of drug-likeness (QED) is 0.641. The summed E-state index contributed by atoms with van der Waals surface area (Å²) in [6.07, 6.45) is 5.37. The van der Waals surface area contributed by atoms with Gasteiger partial charge in [-0.1, -0.05) is 20.3 Å². The van der Waals surface area contributed by atoms with Crippen molar-refractivity contribution in [2.24, 2.45) is 11.8 Å². The molecule has 122 valence electrons. The predicted molar refractivity (Wildman–Crippen MR) is 83.1 cm³/mol. The van der Waals surface area contributed by atoms with E-state index >= 15 is 0 Å². The summed E-state index contributed by atoms with van der Waals surface area (Å²) in [4.78, 5) is 22.9. The molecule has 3 atom stereocenters. The summed E-state index contributed by atoms with van der Waals surface area (Å²) in [5.41, 5.74) is 0. The van der Waals surface area contributed by atoms with E-state index in [4.69, 9.17) is 5.11 Å². The number of amides is 1. The highest BCUT2D eigenvalue weighted by atomic mass is 16.4. The van der Waals surface area contributed by atoms with Gasteiger partial charge in [-0.05, 0) is 44.9 Å². The molecule has 0 saturated heterocycles. The Morgan fingerprint density at radius 3 is 2.52 bits per heavy atom. The number of hydrogen-bond acceptors (Lipinski definition) is 3. The van der Waals surface area contributed by atoms with Crippen molar-refractivity contribution in [3.63, 3.8) is 0 Å². The van der Waals surface area contributed by atoms with E-state index in [0.717, 1.165) is 32.1 Å². The molecule has 3 unspecified atom stereocenters. The Labute approximate surface area is 127 Å². The van der Waals surface area contributed by atoms with E-state index in [9.17, 15) is 9.59 Å². The van der Waals surface area contributed by atoms with Gasteiger partial charge < -0.3 is 15.7 Å². The van der Waals surface area contributed by atoms with Crippen LogP contribution in [0, 0.1) is 11.8 Å². The molecule has 3 N–H and O–H groups in total. The lowest BCUT2D eigenvalue weighted by atomic mass is 9.86. The third kappa shape index (κ3) is 7.46. The minimum absolute atomic E-state index is 0.00343. The number of hydrogen-bond donors (Lipinski definition) is 3. The van der Waals surface area contributed by atoms with Crippen molar-refractivity contribution in [2.45, 2.75) is 71.4 Å². The molecule has 1 saturated carbocycles. The largest absolute Gasteiger partial charge is 0.481 e. The third-order valence-electron chi connectivity index (χ3n) is 4.16. The Bertz CT molecular complexity index is 344. The van der Waals surface area contributed by atoms with Gasteiger partial charge in [0.1, 0.15) is 0 Å². The van der Waals surface area contributed by atoms with Gasteiger partial charge >= 0.3 is 5.97 Å². The molecule has 5 nitrogen and oxygen atoms in total. The first-order valence-electron chi connectivity index (χ1n) is 8.14. The number of nitrogens with one attached hydrogen (secondary N) is 2. The lowest BCUT2D eigenvalue weighted by molar-refractivity contribution is -0.143. The monoisotopic (exact) mass is 298 g/mol. The van der Waals surface area contributed by atoms with Gasteiger partial charge in [0.2, 0.25) is 5.91 Å². The Morgan fingerprint density at radius 1 is 1.19 bits per heavy atom. The van der Waals surface area contributed by atoms with Crippen molar-refractivity contribution >= 4 is 11.9 Å². The molecule has 0 radical (unpaired) electrons. The molecular weight excluding hydrogens is 268 g/mol. The minimum Gasteiger partial charge on any atom is -0.481 e. The lowest BCUT2D eigenvalue weighted by Gasteiger charge is -2.27. The Morgan fingerprint density at radius 2 is 1.90 bits per heavy atom. The summed E-state index contributed by atoms with van der Waals surface area (Å²) in [5.74, 6) is -0.320. The van der Waals surface area contributed by atoms with Gasteiger partial charge in [-0.25, -0.2) is 0 Å². The summed E-state index contributed by atoms with van der Waals surface area (Å²) in [7, 11) is 0. The number of aliphatic carboxylic acids is 1. The zero-order valence-corrected chi connectivity index (χ0v) is 13.5. The first kappa shape index (κ1) is 18.0. The average Bonchev–Trinajstić information content (AvgIpc) is 2.43. The fourth-order valence-electron chi connectivity index (χ4n) is 2.82. The first-order valence-corrected chi connectivity index (χ1v) is 8.14. The van der Waals surface area contributed by atoms with Crippen LogP contribution >= 0.6 is 0 Å². The van der Waals surface area contributed by atoms with Crippen molar-refractivity contribution in [2.75, 3.05) is 6.54 Å². The van der Waals surface area contributed by atoms with Crippen molar-refractivity contribution in [3.05, 3.63) is 0 Å². The Balaban J connectivity index is 2.21. The van der Waals surface area contributed by atoms with Crippen molar-refractivity contribution in [1.29, 1.82) is 0 Å². The van der Waals surface area contributed by atoms with Crippen LogP contribution in [0.4, 0.5) is 0 Å². The van der Waals surface area contributed by atoms with Gasteiger partial charge in [-0.2, -0.15) is 0 Å². The van der Waals surface area contributed by atoms with E-state index in [2.05, 4.69) is 24.5 Å². The highest BCUT2D eigenvalue weighted by Crippen LogP contribution is 2.24. The molecule has 0 aromatic carbocycles. The SMILES string of the molecule is CC(C)CCC(C)NC(=O)CNC1CCCC(C(=O)O)C1. The fourth-order valence-corrected chi connectivity index (χ4v) is 2.82. The molecule has 0 aromatic rings. The standard InChI is InChI=1S/C16H30N2O3/c1-11(2)7-8-12(3)18-15(19)10-17-14-6-4-5-13(9-14)16(20)21/h11-14,17H,4-10H2,1-3H3,(H,18,19)(H,20,21). The van der Waals surface area contributed by atoms with Gasteiger partial charge in [0.25, 0.3) is 0 Å². The second-order valence-corrected chi connectivity index (χ2v) is 6.72. The van der Waals surface area contributed by atoms with Crippen molar-refractivity contribution in [3.8, 4) is 0 Å². The summed E-state index contributed by atoms with van der Waals surface area (Å²) in [5, 5.41) is 15.2. The van der Waals surface area contributed by atoms with Crippen LogP contribution in [-0.4, -0.2) is 35.6 Å². The molecule has 0 bridgehead atoms. The van der Waals surface area contributed by atoms with E-state index in [1.165, 1.54) is 0 Å². The highest BCUT2D eigenvalue weighted by molar-refractivity contribution is 5.78. The Kier molecular flexibility index (Phi) is 7.72. The molecule has 1 rings (SSSR count). The highest BCUT2D eigenvalue weighted by Gasteiger charge is 2.26. The molecule has 0 aliphatic heterocycles. The van der Waals surface area contributed by atoms with Crippen molar-refractivity contribution in [1.82, 2.24) is 10.6 Å². The molecule has 5 heteroatoms. The molecular formula is C16H30N2O3. The minimum atomic E-state index is -0.715. The third-order valence-corrected chi connectivity index (χ3v) is 4.16. The zero-order valence-electron chi connectivity index (χ0n) is 13.5. The van der Waals surface area contributed by atoms with Gasteiger partial charge in [-0.15, -0.1) is 0 Å². The molecule has 21 heavy (non-hydrogen) atoms. The van der Waals surface area contributed by atoms with Gasteiger partial charge in [0.15, 0.2) is 0 Å². The lowest BCUT2D eigenvalue weighted by Crippen LogP contribution is -2.44. The van der Waals surface area contributed by atoms with Gasteiger partial charge in [0.05, 0.1) is 12.5 Å². The van der Waals surface area contributed by atoms with Gasteiger partial charge in [-0.3, -0.25) is 9.59 Å². The van der Waals surface area contributed by atoms with Crippen LogP contribution in [0.25, 0.3) is 0 Å². The molecule has 0 spiro atoms. The maximum atomic E-state index is 11.9. The van der Waals surface area contributed by atoms with Crippen LogP contribution < -0.4 is 10.6 Å². The molecule has 0 aromatic heterocycles. The van der Waals surface area contributed by atoms with E-state index in [1.807, 2.05) is 6.92 Å².